The number of hydrogen-bond acceptors (Lipinski definition) is 5. The van der Waals surface area contributed by atoms with Gasteiger partial charge < -0.3 is 10.5 Å². The third-order valence-corrected chi connectivity index (χ3v) is 3.16. The summed E-state index contributed by atoms with van der Waals surface area (Å²) >= 11 is 0. The third-order valence-electron chi connectivity index (χ3n) is 3.16. The van der Waals surface area contributed by atoms with E-state index >= 15 is 0 Å². The summed E-state index contributed by atoms with van der Waals surface area (Å²) in [4.78, 5) is 10.7. The summed E-state index contributed by atoms with van der Waals surface area (Å²) in [6.45, 7) is 0.973. The van der Waals surface area contributed by atoms with Gasteiger partial charge in [-0.05, 0) is 6.07 Å². The Bertz CT molecular complexity index is 650. The van der Waals surface area contributed by atoms with Gasteiger partial charge in [0.15, 0.2) is 5.82 Å². The molecule has 0 bridgehead atoms. The smallest absolute Gasteiger partial charge is 0.294 e. The number of nitro groups is 1. The quantitative estimate of drug-likeness (QED) is 0.651. The number of hydrogen-bond donors (Lipinski definition) is 1. The zero-order valence-electron chi connectivity index (χ0n) is 10.1. The maximum Gasteiger partial charge on any atom is 0.294 e. The van der Waals surface area contributed by atoms with Crippen molar-refractivity contribution >= 4 is 11.5 Å². The Morgan fingerprint density at radius 1 is 1.42 bits per heavy atom. The number of ether oxygens (including phenoxy) is 1. The van der Waals surface area contributed by atoms with Gasteiger partial charge in [0.05, 0.1) is 23.8 Å². The van der Waals surface area contributed by atoms with Gasteiger partial charge in [0.25, 0.3) is 5.69 Å². The second kappa shape index (κ2) is 4.36. The molecule has 19 heavy (non-hydrogen) atoms. The summed E-state index contributed by atoms with van der Waals surface area (Å²) in [7, 11) is 0. The second-order valence-electron chi connectivity index (χ2n) is 4.27. The lowest BCUT2D eigenvalue weighted by atomic mass is 10.1. The highest BCUT2D eigenvalue weighted by Gasteiger charge is 2.24. The van der Waals surface area contributed by atoms with Gasteiger partial charge in [-0.25, -0.2) is 4.68 Å². The Morgan fingerprint density at radius 3 is 3.00 bits per heavy atom. The van der Waals surface area contributed by atoms with Crippen LogP contribution in [0.4, 0.5) is 11.5 Å². The number of aromatic nitrogens is 2. The molecule has 2 heterocycles. The van der Waals surface area contributed by atoms with E-state index in [1.807, 2.05) is 0 Å². The predicted octanol–water partition coefficient (Wildman–Crippen LogP) is 1.44. The average Bonchev–Trinajstić information content (AvgIpc) is 2.77. The first kappa shape index (κ1) is 11.7. The summed E-state index contributed by atoms with van der Waals surface area (Å²) < 4.78 is 6.90. The Kier molecular flexibility index (Phi) is 2.68. The molecule has 0 saturated heterocycles. The van der Waals surface area contributed by atoms with Crippen LogP contribution < -0.4 is 5.73 Å². The molecule has 7 nitrogen and oxygen atoms in total. The Labute approximate surface area is 108 Å². The van der Waals surface area contributed by atoms with Crippen molar-refractivity contribution in [3.63, 3.8) is 0 Å². The first-order valence-corrected chi connectivity index (χ1v) is 5.86. The van der Waals surface area contributed by atoms with Crippen LogP contribution in [0, 0.1) is 10.1 Å². The highest BCUT2D eigenvalue weighted by atomic mass is 16.6. The van der Waals surface area contributed by atoms with E-state index in [0.717, 1.165) is 11.3 Å². The minimum atomic E-state index is -0.418. The molecule has 1 aliphatic heterocycles. The highest BCUT2D eigenvalue weighted by Crippen LogP contribution is 2.29. The maximum absolute atomic E-state index is 11.1. The molecular formula is C12H12N4O3. The van der Waals surface area contributed by atoms with Crippen LogP contribution in [-0.2, 0) is 17.8 Å². The summed E-state index contributed by atoms with van der Waals surface area (Å²) in [6, 6.07) is 6.50. The fourth-order valence-corrected chi connectivity index (χ4v) is 2.26. The Hall–Kier alpha value is -2.41. The molecule has 0 fully saturated rings. The molecule has 2 N–H and O–H groups in total. The topological polar surface area (TPSA) is 96.2 Å². The lowest BCUT2D eigenvalue weighted by molar-refractivity contribution is -0.384. The maximum atomic E-state index is 11.1. The zero-order chi connectivity index (χ0) is 13.4. The van der Waals surface area contributed by atoms with E-state index in [2.05, 4.69) is 5.10 Å². The molecule has 0 unspecified atom stereocenters. The molecule has 3 rings (SSSR count). The fraction of sp³-hybridized carbons (Fsp3) is 0.250. The fourth-order valence-electron chi connectivity index (χ4n) is 2.26. The average molecular weight is 260 g/mol. The SMILES string of the molecule is Nc1nn(-c2ccccc2[N+](=O)[O-])c2c1COCC2. The van der Waals surface area contributed by atoms with Crippen LogP contribution in [0.1, 0.15) is 11.3 Å². The zero-order valence-corrected chi connectivity index (χ0v) is 10.1. The van der Waals surface area contributed by atoms with Gasteiger partial charge in [-0.1, -0.05) is 12.1 Å². The molecule has 0 radical (unpaired) electrons. The van der Waals surface area contributed by atoms with Crippen LogP contribution in [-0.4, -0.2) is 21.3 Å². The molecule has 0 atom stereocenters. The van der Waals surface area contributed by atoms with Crippen molar-refractivity contribution in [2.75, 3.05) is 12.3 Å². The monoisotopic (exact) mass is 260 g/mol. The second-order valence-corrected chi connectivity index (χ2v) is 4.27. The lowest BCUT2D eigenvalue weighted by Crippen LogP contribution is -2.13. The van der Waals surface area contributed by atoms with Gasteiger partial charge in [0, 0.05) is 18.1 Å². The Balaban J connectivity index is 2.20. The van der Waals surface area contributed by atoms with Gasteiger partial charge in [-0.3, -0.25) is 10.1 Å². The molecule has 7 heteroatoms. The normalized spacial score (nSPS) is 14.1. The summed E-state index contributed by atoms with van der Waals surface area (Å²) in [5.41, 5.74) is 8.00. The number of rotatable bonds is 2. The molecule has 0 amide bonds. The molecule has 1 aromatic carbocycles. The number of benzene rings is 1. The van der Waals surface area contributed by atoms with Crippen LogP contribution in [0.3, 0.4) is 0 Å². The first-order chi connectivity index (χ1) is 9.18. The number of nitro benzene ring substituents is 1. The van der Waals surface area contributed by atoms with Crippen molar-refractivity contribution in [2.24, 2.45) is 0 Å². The molecule has 1 aromatic heterocycles. The molecular weight excluding hydrogens is 248 g/mol. The van der Waals surface area contributed by atoms with Crippen molar-refractivity contribution in [1.29, 1.82) is 0 Å². The molecule has 1 aliphatic rings. The van der Waals surface area contributed by atoms with Crippen LogP contribution >= 0.6 is 0 Å². The van der Waals surface area contributed by atoms with Gasteiger partial charge >= 0.3 is 0 Å². The predicted molar refractivity (Wildman–Crippen MR) is 68.0 cm³/mol. The van der Waals surface area contributed by atoms with Gasteiger partial charge in [-0.2, -0.15) is 0 Å². The van der Waals surface area contributed by atoms with E-state index in [0.29, 0.717) is 31.1 Å². The number of anilines is 1. The van der Waals surface area contributed by atoms with Gasteiger partial charge in [0.1, 0.15) is 5.69 Å². The van der Waals surface area contributed by atoms with E-state index < -0.39 is 4.92 Å². The van der Waals surface area contributed by atoms with Crippen molar-refractivity contribution < 1.29 is 9.66 Å². The largest absolute Gasteiger partial charge is 0.382 e. The molecule has 2 aromatic rings. The number of nitrogens with zero attached hydrogens (tertiary/aromatic N) is 3. The standard InChI is InChI=1S/C12H12N4O3/c13-12-8-7-19-6-5-9(8)15(14-12)10-3-1-2-4-11(10)16(17)18/h1-4H,5-7H2,(H2,13,14). The van der Waals surface area contributed by atoms with Crippen molar-refractivity contribution in [3.8, 4) is 5.69 Å². The Morgan fingerprint density at radius 2 is 2.21 bits per heavy atom. The van der Waals surface area contributed by atoms with E-state index in [1.54, 1.807) is 22.9 Å². The van der Waals surface area contributed by atoms with Gasteiger partial charge in [-0.15, -0.1) is 5.10 Å². The highest BCUT2D eigenvalue weighted by molar-refractivity contribution is 5.55. The minimum absolute atomic E-state index is 0.0132. The number of fused-ring (bicyclic) bond motifs is 1. The summed E-state index contributed by atoms with van der Waals surface area (Å²) in [5.74, 6) is 0.368. The van der Waals surface area contributed by atoms with E-state index in [-0.39, 0.29) is 5.69 Å². The lowest BCUT2D eigenvalue weighted by Gasteiger charge is -2.14. The first-order valence-electron chi connectivity index (χ1n) is 5.86. The van der Waals surface area contributed by atoms with E-state index in [9.17, 15) is 10.1 Å². The van der Waals surface area contributed by atoms with Gasteiger partial charge in [0.2, 0.25) is 0 Å². The minimum Gasteiger partial charge on any atom is -0.382 e. The van der Waals surface area contributed by atoms with Crippen molar-refractivity contribution in [2.45, 2.75) is 13.0 Å². The molecule has 0 spiro atoms. The number of nitrogens with two attached hydrogens (primary N) is 1. The third kappa shape index (κ3) is 1.84. The molecule has 0 saturated carbocycles. The number of para-hydroxylation sites is 2. The van der Waals surface area contributed by atoms with Crippen LogP contribution in [0.25, 0.3) is 5.69 Å². The van der Waals surface area contributed by atoms with Crippen LogP contribution in [0.15, 0.2) is 24.3 Å². The van der Waals surface area contributed by atoms with Crippen molar-refractivity contribution in [1.82, 2.24) is 9.78 Å². The van der Waals surface area contributed by atoms with E-state index in [1.165, 1.54) is 6.07 Å². The van der Waals surface area contributed by atoms with Crippen molar-refractivity contribution in [3.05, 3.63) is 45.6 Å². The van der Waals surface area contributed by atoms with Crippen LogP contribution in [0.5, 0.6) is 0 Å². The summed E-state index contributed by atoms with van der Waals surface area (Å²) in [5, 5.41) is 15.3. The number of nitrogen functional groups attached to an aromatic ring is 1. The summed E-state index contributed by atoms with van der Waals surface area (Å²) in [6.07, 6.45) is 0.644. The van der Waals surface area contributed by atoms with Crippen LogP contribution in [0.2, 0.25) is 0 Å². The molecule has 0 aliphatic carbocycles. The van der Waals surface area contributed by atoms with E-state index in [4.69, 9.17) is 10.5 Å². The molecule has 98 valence electrons.